The number of carbonyl (C=O) groups is 2. The highest BCUT2D eigenvalue weighted by atomic mass is 16.4. The first kappa shape index (κ1) is 16.9. The predicted molar refractivity (Wildman–Crippen MR) is 92.6 cm³/mol. The minimum absolute atomic E-state index is 0.191. The van der Waals surface area contributed by atoms with E-state index in [0.717, 1.165) is 11.4 Å². The van der Waals surface area contributed by atoms with Crippen LogP contribution < -0.4 is 4.90 Å². The number of hydrogen-bond acceptors (Lipinski definition) is 5. The Labute approximate surface area is 145 Å². The van der Waals surface area contributed by atoms with Crippen LogP contribution in [-0.4, -0.2) is 59.0 Å². The van der Waals surface area contributed by atoms with E-state index >= 15 is 0 Å². The summed E-state index contributed by atoms with van der Waals surface area (Å²) < 4.78 is 0. The van der Waals surface area contributed by atoms with Gasteiger partial charge in [-0.15, -0.1) is 0 Å². The van der Waals surface area contributed by atoms with Gasteiger partial charge in [-0.2, -0.15) is 0 Å². The molecule has 1 aliphatic rings. The van der Waals surface area contributed by atoms with Gasteiger partial charge in [0.2, 0.25) is 0 Å². The van der Waals surface area contributed by atoms with Crippen molar-refractivity contribution in [2.45, 2.75) is 5.92 Å². The molecule has 130 valence electrons. The molecule has 0 spiro atoms. The van der Waals surface area contributed by atoms with Crippen molar-refractivity contribution < 1.29 is 14.7 Å². The summed E-state index contributed by atoms with van der Waals surface area (Å²) in [6.07, 6.45) is 4.82. The largest absolute Gasteiger partial charge is 0.481 e. The van der Waals surface area contributed by atoms with Crippen molar-refractivity contribution >= 4 is 17.7 Å². The monoisotopic (exact) mass is 340 g/mol. The summed E-state index contributed by atoms with van der Waals surface area (Å²) in [5, 5.41) is 9.54. The molecule has 0 aliphatic carbocycles. The molecule has 1 aliphatic heterocycles. The lowest BCUT2D eigenvalue weighted by Crippen LogP contribution is -2.30. The Kier molecular flexibility index (Phi) is 4.65. The van der Waals surface area contributed by atoms with Crippen molar-refractivity contribution in [3.63, 3.8) is 0 Å². The lowest BCUT2D eigenvalue weighted by molar-refractivity contribution is -0.141. The Balaban J connectivity index is 1.81. The number of anilines is 1. The van der Waals surface area contributed by atoms with Gasteiger partial charge in [0.1, 0.15) is 5.82 Å². The van der Waals surface area contributed by atoms with Gasteiger partial charge in [0, 0.05) is 51.7 Å². The standard InChI is InChI=1S/C18H20N4O3/c1-21(2)16-4-3-13(9-20-16)17(23)22-10-14(15(11-22)18(24)25)12-5-7-19-8-6-12/h3-9,14-15H,10-11H2,1-2H3,(H,24,25)/t14-,15+/m0/s1. The van der Waals surface area contributed by atoms with Crippen LogP contribution in [0.3, 0.4) is 0 Å². The SMILES string of the molecule is CN(C)c1ccc(C(=O)N2C[C@@H](C(=O)O)[C@H](c3ccncc3)C2)cn1. The van der Waals surface area contributed by atoms with Gasteiger partial charge in [-0.1, -0.05) is 0 Å². The molecule has 1 fully saturated rings. The van der Waals surface area contributed by atoms with Crippen LogP contribution in [0, 0.1) is 5.92 Å². The van der Waals surface area contributed by atoms with Crippen molar-refractivity contribution in [3.05, 3.63) is 54.0 Å². The fourth-order valence-corrected chi connectivity index (χ4v) is 3.13. The number of carboxylic acid groups (broad SMARTS) is 1. The van der Waals surface area contributed by atoms with Gasteiger partial charge in [0.05, 0.1) is 11.5 Å². The molecule has 1 saturated heterocycles. The zero-order valence-electron chi connectivity index (χ0n) is 14.2. The van der Waals surface area contributed by atoms with E-state index in [1.54, 1.807) is 29.4 Å². The number of nitrogens with zero attached hydrogens (tertiary/aromatic N) is 4. The van der Waals surface area contributed by atoms with Gasteiger partial charge in [-0.25, -0.2) is 4.98 Å². The lowest BCUT2D eigenvalue weighted by atomic mass is 9.90. The molecule has 0 bridgehead atoms. The Morgan fingerprint density at radius 2 is 1.88 bits per heavy atom. The molecule has 7 heteroatoms. The van der Waals surface area contributed by atoms with Crippen LogP contribution in [0.1, 0.15) is 21.8 Å². The molecule has 0 unspecified atom stereocenters. The second-order valence-electron chi connectivity index (χ2n) is 6.34. The highest BCUT2D eigenvalue weighted by Gasteiger charge is 2.40. The highest BCUT2D eigenvalue weighted by molar-refractivity contribution is 5.95. The molecular weight excluding hydrogens is 320 g/mol. The van der Waals surface area contributed by atoms with E-state index in [0.29, 0.717) is 12.1 Å². The molecule has 2 atom stereocenters. The Hall–Kier alpha value is -2.96. The molecule has 3 rings (SSSR count). The maximum Gasteiger partial charge on any atom is 0.308 e. The number of carbonyl (C=O) groups excluding carboxylic acids is 1. The maximum atomic E-state index is 12.7. The van der Waals surface area contributed by atoms with Crippen molar-refractivity contribution in [1.82, 2.24) is 14.9 Å². The van der Waals surface area contributed by atoms with E-state index < -0.39 is 11.9 Å². The number of aromatic nitrogens is 2. The molecule has 0 saturated carbocycles. The summed E-state index contributed by atoms with van der Waals surface area (Å²) in [6.45, 7) is 0.561. The smallest absolute Gasteiger partial charge is 0.308 e. The van der Waals surface area contributed by atoms with Crippen LogP contribution in [0.15, 0.2) is 42.9 Å². The molecular formula is C18H20N4O3. The molecule has 0 aromatic carbocycles. The average Bonchev–Trinajstić information content (AvgIpc) is 3.07. The topological polar surface area (TPSA) is 86.6 Å². The van der Waals surface area contributed by atoms with Crippen LogP contribution in [0.4, 0.5) is 5.82 Å². The number of amides is 1. The first-order chi connectivity index (χ1) is 12.0. The van der Waals surface area contributed by atoms with Gasteiger partial charge in [0.25, 0.3) is 5.91 Å². The Morgan fingerprint density at radius 3 is 2.44 bits per heavy atom. The number of pyridine rings is 2. The predicted octanol–water partition coefficient (Wildman–Crippen LogP) is 1.48. The fourth-order valence-electron chi connectivity index (χ4n) is 3.13. The summed E-state index contributed by atoms with van der Waals surface area (Å²) in [4.78, 5) is 36.0. The summed E-state index contributed by atoms with van der Waals surface area (Å²) in [7, 11) is 3.75. The van der Waals surface area contributed by atoms with E-state index in [-0.39, 0.29) is 18.4 Å². The second kappa shape index (κ2) is 6.88. The molecule has 1 N–H and O–H groups in total. The first-order valence-electron chi connectivity index (χ1n) is 8.02. The van der Waals surface area contributed by atoms with Crippen LogP contribution in [0.5, 0.6) is 0 Å². The third-order valence-electron chi connectivity index (χ3n) is 4.51. The molecule has 2 aromatic heterocycles. The van der Waals surface area contributed by atoms with E-state index in [4.69, 9.17) is 0 Å². The number of likely N-dealkylation sites (tertiary alicyclic amines) is 1. The molecule has 7 nitrogen and oxygen atoms in total. The van der Waals surface area contributed by atoms with Crippen molar-refractivity contribution in [3.8, 4) is 0 Å². The van der Waals surface area contributed by atoms with E-state index in [2.05, 4.69) is 9.97 Å². The maximum absolute atomic E-state index is 12.7. The van der Waals surface area contributed by atoms with Crippen LogP contribution in [-0.2, 0) is 4.79 Å². The normalized spacial score (nSPS) is 19.7. The highest BCUT2D eigenvalue weighted by Crippen LogP contribution is 2.33. The van der Waals surface area contributed by atoms with Gasteiger partial charge >= 0.3 is 5.97 Å². The zero-order chi connectivity index (χ0) is 18.0. The summed E-state index contributed by atoms with van der Waals surface area (Å²) >= 11 is 0. The number of hydrogen-bond donors (Lipinski definition) is 1. The Bertz CT molecular complexity index is 762. The summed E-state index contributed by atoms with van der Waals surface area (Å²) in [6, 6.07) is 7.11. The third-order valence-corrected chi connectivity index (χ3v) is 4.51. The minimum Gasteiger partial charge on any atom is -0.481 e. The Morgan fingerprint density at radius 1 is 1.16 bits per heavy atom. The molecule has 2 aromatic rings. The van der Waals surface area contributed by atoms with E-state index in [1.807, 2.05) is 31.1 Å². The zero-order valence-corrected chi connectivity index (χ0v) is 14.2. The molecule has 3 heterocycles. The fraction of sp³-hybridized carbons (Fsp3) is 0.333. The minimum atomic E-state index is -0.891. The van der Waals surface area contributed by atoms with Gasteiger partial charge in [0.15, 0.2) is 0 Å². The number of carboxylic acids is 1. The second-order valence-corrected chi connectivity index (χ2v) is 6.34. The molecule has 1 amide bonds. The van der Waals surface area contributed by atoms with Crippen molar-refractivity contribution in [2.75, 3.05) is 32.1 Å². The van der Waals surface area contributed by atoms with Crippen LogP contribution in [0.25, 0.3) is 0 Å². The van der Waals surface area contributed by atoms with Gasteiger partial charge in [-0.3, -0.25) is 14.6 Å². The summed E-state index contributed by atoms with van der Waals surface area (Å²) in [5.41, 5.74) is 1.35. The quantitative estimate of drug-likeness (QED) is 0.907. The third kappa shape index (κ3) is 3.45. The molecule has 0 radical (unpaired) electrons. The molecule has 25 heavy (non-hydrogen) atoms. The van der Waals surface area contributed by atoms with Gasteiger partial charge in [-0.05, 0) is 29.8 Å². The van der Waals surface area contributed by atoms with Crippen molar-refractivity contribution in [1.29, 1.82) is 0 Å². The van der Waals surface area contributed by atoms with Crippen LogP contribution in [0.2, 0.25) is 0 Å². The number of aliphatic carboxylic acids is 1. The average molecular weight is 340 g/mol. The van der Waals surface area contributed by atoms with Crippen molar-refractivity contribution in [2.24, 2.45) is 5.92 Å². The van der Waals surface area contributed by atoms with E-state index in [1.165, 1.54) is 6.20 Å². The van der Waals surface area contributed by atoms with Crippen LogP contribution >= 0.6 is 0 Å². The van der Waals surface area contributed by atoms with Gasteiger partial charge < -0.3 is 14.9 Å². The first-order valence-corrected chi connectivity index (χ1v) is 8.02. The summed E-state index contributed by atoms with van der Waals surface area (Å²) in [5.74, 6) is -1.19. The van der Waals surface area contributed by atoms with E-state index in [9.17, 15) is 14.7 Å². The lowest BCUT2D eigenvalue weighted by Gasteiger charge is -2.17. The number of rotatable bonds is 4.